The molecule has 214 valence electrons. The number of ether oxygens (including phenoxy) is 1. The summed E-state index contributed by atoms with van der Waals surface area (Å²) in [5.41, 5.74) is 3.09. The fourth-order valence-corrected chi connectivity index (χ4v) is 4.07. The van der Waals surface area contributed by atoms with E-state index in [0.717, 1.165) is 22.5 Å². The number of aryl methyl sites for hydroxylation is 2. The van der Waals surface area contributed by atoms with E-state index < -0.39 is 23.1 Å². The van der Waals surface area contributed by atoms with Gasteiger partial charge in [0.1, 0.15) is 22.7 Å². The van der Waals surface area contributed by atoms with Crippen molar-refractivity contribution in [2.45, 2.75) is 26.7 Å². The lowest BCUT2D eigenvalue weighted by Gasteiger charge is -2.16. The number of pyridine rings is 1. The standard InChI is InChI=1S/C28H24FN3O3.C5H6O2/c1-17-15-23-24(16-18(17)2)30-14-11-25(23)35-22-9-7-21(8-10-22)32-27(34)28(12-13-28)26(33)31-20-5-3-19(29)4-6-20;1-2-3-4-5(6)7/h3-11,14-16H,12-13H2,1-2H3,(H,31,33)(H,32,34);2-4H,1H2,(H,6,7)/b;4-3+. The Morgan fingerprint density at radius 1 is 0.929 bits per heavy atom. The second-order valence-electron chi connectivity index (χ2n) is 9.82. The fourth-order valence-electron chi connectivity index (χ4n) is 4.07. The highest BCUT2D eigenvalue weighted by Gasteiger charge is 2.56. The molecular weight excluding hydrogens is 537 g/mol. The highest BCUT2D eigenvalue weighted by Crippen LogP contribution is 2.47. The zero-order chi connectivity index (χ0) is 30.3. The van der Waals surface area contributed by atoms with Crippen molar-refractivity contribution in [1.29, 1.82) is 0 Å². The number of aliphatic carboxylic acids is 1. The number of carboxylic acids is 1. The molecule has 0 aliphatic heterocycles. The van der Waals surface area contributed by atoms with Gasteiger partial charge >= 0.3 is 5.97 Å². The maximum Gasteiger partial charge on any atom is 0.328 e. The van der Waals surface area contributed by atoms with E-state index in [0.29, 0.717) is 35.7 Å². The van der Waals surface area contributed by atoms with Crippen molar-refractivity contribution in [3.8, 4) is 11.5 Å². The Labute approximate surface area is 242 Å². The number of nitrogens with one attached hydrogen (secondary N) is 2. The Morgan fingerprint density at radius 3 is 2.02 bits per heavy atom. The van der Waals surface area contributed by atoms with Crippen LogP contribution < -0.4 is 15.4 Å². The molecule has 8 nitrogen and oxygen atoms in total. The van der Waals surface area contributed by atoms with Gasteiger partial charge in [-0.15, -0.1) is 0 Å². The van der Waals surface area contributed by atoms with Gasteiger partial charge < -0.3 is 20.5 Å². The molecule has 5 rings (SSSR count). The summed E-state index contributed by atoms with van der Waals surface area (Å²) in [5.74, 6) is -0.779. The molecule has 9 heteroatoms. The van der Waals surface area contributed by atoms with Gasteiger partial charge in [-0.2, -0.15) is 0 Å². The number of carboxylic acid groups (broad SMARTS) is 1. The summed E-state index contributed by atoms with van der Waals surface area (Å²) in [6.45, 7) is 7.38. The lowest BCUT2D eigenvalue weighted by atomic mass is 10.0. The minimum absolute atomic E-state index is 0.364. The van der Waals surface area contributed by atoms with Crippen molar-refractivity contribution in [2.24, 2.45) is 5.41 Å². The van der Waals surface area contributed by atoms with Gasteiger partial charge in [-0.1, -0.05) is 18.7 Å². The van der Waals surface area contributed by atoms with Crippen molar-refractivity contribution in [3.05, 3.63) is 115 Å². The predicted molar refractivity (Wildman–Crippen MR) is 160 cm³/mol. The van der Waals surface area contributed by atoms with E-state index in [4.69, 9.17) is 9.84 Å². The number of anilines is 2. The molecule has 0 radical (unpaired) electrons. The first-order valence-electron chi connectivity index (χ1n) is 13.2. The summed E-state index contributed by atoms with van der Waals surface area (Å²) in [6, 6.07) is 18.4. The maximum absolute atomic E-state index is 13.1. The van der Waals surface area contributed by atoms with Crippen LogP contribution in [-0.2, 0) is 14.4 Å². The van der Waals surface area contributed by atoms with Gasteiger partial charge in [0.2, 0.25) is 11.8 Å². The number of aromatic nitrogens is 1. The van der Waals surface area contributed by atoms with Gasteiger partial charge in [-0.05, 0) is 105 Å². The third kappa shape index (κ3) is 7.25. The smallest absolute Gasteiger partial charge is 0.328 e. The number of benzene rings is 3. The van der Waals surface area contributed by atoms with Crippen LogP contribution in [0.1, 0.15) is 24.0 Å². The van der Waals surface area contributed by atoms with E-state index >= 15 is 0 Å². The monoisotopic (exact) mass is 567 g/mol. The molecule has 1 aliphatic carbocycles. The van der Waals surface area contributed by atoms with Crippen LogP contribution in [0.15, 0.2) is 97.7 Å². The van der Waals surface area contributed by atoms with E-state index in [1.165, 1.54) is 42.0 Å². The molecule has 1 aliphatic rings. The van der Waals surface area contributed by atoms with Crippen LogP contribution >= 0.6 is 0 Å². The van der Waals surface area contributed by atoms with E-state index in [9.17, 15) is 18.8 Å². The van der Waals surface area contributed by atoms with Crippen LogP contribution in [0.2, 0.25) is 0 Å². The summed E-state index contributed by atoms with van der Waals surface area (Å²) in [5, 5.41) is 14.4. The average molecular weight is 568 g/mol. The third-order valence-corrected chi connectivity index (χ3v) is 6.75. The number of halogens is 1. The lowest BCUT2D eigenvalue weighted by Crippen LogP contribution is -2.35. The number of hydrogen-bond donors (Lipinski definition) is 3. The van der Waals surface area contributed by atoms with Crippen LogP contribution in [0.25, 0.3) is 10.9 Å². The first-order valence-corrected chi connectivity index (χ1v) is 13.2. The fraction of sp³-hybridized carbons (Fsp3) is 0.152. The Kier molecular flexibility index (Phi) is 9.12. The zero-order valence-corrected chi connectivity index (χ0v) is 23.2. The molecule has 0 saturated heterocycles. The molecule has 0 unspecified atom stereocenters. The van der Waals surface area contributed by atoms with Crippen molar-refractivity contribution < 1.29 is 28.6 Å². The van der Waals surface area contributed by atoms with Crippen LogP contribution in [0, 0.1) is 25.1 Å². The van der Waals surface area contributed by atoms with Crippen molar-refractivity contribution in [1.82, 2.24) is 4.98 Å². The van der Waals surface area contributed by atoms with Crippen LogP contribution in [0.4, 0.5) is 15.8 Å². The van der Waals surface area contributed by atoms with Crippen LogP contribution in [0.5, 0.6) is 11.5 Å². The van der Waals surface area contributed by atoms with E-state index in [1.807, 2.05) is 12.1 Å². The second-order valence-corrected chi connectivity index (χ2v) is 9.82. The van der Waals surface area contributed by atoms with Gasteiger partial charge in [0.25, 0.3) is 0 Å². The van der Waals surface area contributed by atoms with Crippen molar-refractivity contribution >= 4 is 40.1 Å². The number of fused-ring (bicyclic) bond motifs is 1. The quantitative estimate of drug-likeness (QED) is 0.120. The van der Waals surface area contributed by atoms with Gasteiger partial charge in [-0.25, -0.2) is 9.18 Å². The minimum Gasteiger partial charge on any atom is -0.478 e. The molecule has 0 spiro atoms. The van der Waals surface area contributed by atoms with Gasteiger partial charge in [-0.3, -0.25) is 14.6 Å². The van der Waals surface area contributed by atoms with E-state index in [2.05, 4.69) is 42.1 Å². The topological polar surface area (TPSA) is 118 Å². The normalized spacial score (nSPS) is 13.0. The maximum atomic E-state index is 13.1. The molecule has 0 bridgehead atoms. The summed E-state index contributed by atoms with van der Waals surface area (Å²) in [4.78, 5) is 39.7. The number of rotatable bonds is 8. The second kappa shape index (κ2) is 12.9. The molecule has 42 heavy (non-hydrogen) atoms. The number of carbonyl (C=O) groups is 3. The molecule has 4 aromatic rings. The van der Waals surface area contributed by atoms with Crippen LogP contribution in [-0.4, -0.2) is 27.9 Å². The molecule has 3 aromatic carbocycles. The zero-order valence-electron chi connectivity index (χ0n) is 23.2. The van der Waals surface area contributed by atoms with Crippen molar-refractivity contribution in [3.63, 3.8) is 0 Å². The minimum atomic E-state index is -1.12. The van der Waals surface area contributed by atoms with Gasteiger partial charge in [0.05, 0.1) is 5.52 Å². The summed E-state index contributed by atoms with van der Waals surface area (Å²) in [7, 11) is 0. The van der Waals surface area contributed by atoms with E-state index in [-0.39, 0.29) is 5.91 Å². The first kappa shape index (κ1) is 29.7. The number of carbonyl (C=O) groups excluding carboxylic acids is 2. The Balaban J connectivity index is 0.000000517. The molecule has 3 N–H and O–H groups in total. The average Bonchev–Trinajstić information content (AvgIpc) is 3.78. The van der Waals surface area contributed by atoms with Gasteiger partial charge in [0, 0.05) is 29.0 Å². The summed E-state index contributed by atoms with van der Waals surface area (Å²) >= 11 is 0. The Hall–Kier alpha value is -5.31. The number of nitrogens with zero attached hydrogens (tertiary/aromatic N) is 1. The molecule has 1 saturated carbocycles. The molecular formula is C33H30FN3O5. The Morgan fingerprint density at radius 2 is 1.50 bits per heavy atom. The highest BCUT2D eigenvalue weighted by molar-refractivity contribution is 6.16. The largest absolute Gasteiger partial charge is 0.478 e. The Bertz CT molecular complexity index is 1660. The molecule has 1 fully saturated rings. The first-order chi connectivity index (χ1) is 20.1. The van der Waals surface area contributed by atoms with Crippen LogP contribution in [0.3, 0.4) is 0 Å². The molecule has 2 amide bonds. The van der Waals surface area contributed by atoms with Gasteiger partial charge in [0.15, 0.2) is 0 Å². The van der Waals surface area contributed by atoms with E-state index in [1.54, 1.807) is 30.5 Å². The summed E-state index contributed by atoms with van der Waals surface area (Å²) < 4.78 is 19.2. The SMILES string of the molecule is C=C/C=C/C(=O)O.Cc1cc2nccc(Oc3ccc(NC(=O)C4(C(=O)Nc5ccc(F)cc5)CC4)cc3)c2cc1C. The lowest BCUT2D eigenvalue weighted by molar-refractivity contribution is -0.132. The number of allylic oxidation sites excluding steroid dienone is 2. The summed E-state index contributed by atoms with van der Waals surface area (Å²) in [6.07, 6.45) is 6.43. The predicted octanol–water partition coefficient (Wildman–Crippen LogP) is 6.95. The van der Waals surface area contributed by atoms with Crippen molar-refractivity contribution in [2.75, 3.05) is 10.6 Å². The number of amides is 2. The molecule has 1 aromatic heterocycles. The number of hydrogen-bond acceptors (Lipinski definition) is 5. The molecule has 0 atom stereocenters. The third-order valence-electron chi connectivity index (χ3n) is 6.75. The molecule has 1 heterocycles. The highest BCUT2D eigenvalue weighted by atomic mass is 19.1.